The van der Waals surface area contributed by atoms with Gasteiger partial charge in [0.1, 0.15) is 11.3 Å². The summed E-state index contributed by atoms with van der Waals surface area (Å²) in [5.41, 5.74) is 4.85. The summed E-state index contributed by atoms with van der Waals surface area (Å²) in [7, 11) is 0. The standard InChI is InChI=1S/C17H16ClN3O/c1-10-4-6-14(11(2)8-10)20-17(22)16-12(3)19-15-7-5-13(18)9-21(15)16/h4-9H,1-3H3,(H,20,22). The van der Waals surface area contributed by atoms with Gasteiger partial charge in [0, 0.05) is 11.9 Å². The van der Waals surface area contributed by atoms with E-state index >= 15 is 0 Å². The van der Waals surface area contributed by atoms with E-state index in [-0.39, 0.29) is 5.91 Å². The van der Waals surface area contributed by atoms with Crippen molar-refractivity contribution < 1.29 is 4.79 Å². The fourth-order valence-corrected chi connectivity index (χ4v) is 2.71. The third kappa shape index (κ3) is 2.57. The number of carbonyl (C=O) groups excluding carboxylic acids is 1. The van der Waals surface area contributed by atoms with Crippen LogP contribution < -0.4 is 5.32 Å². The van der Waals surface area contributed by atoms with Crippen LogP contribution in [0.1, 0.15) is 27.3 Å². The maximum absolute atomic E-state index is 12.6. The number of benzene rings is 1. The van der Waals surface area contributed by atoms with Crippen LogP contribution in [0.25, 0.3) is 5.65 Å². The molecular weight excluding hydrogens is 298 g/mol. The molecule has 0 unspecified atom stereocenters. The lowest BCUT2D eigenvalue weighted by molar-refractivity contribution is 0.102. The van der Waals surface area contributed by atoms with Crippen LogP contribution in [0.4, 0.5) is 5.69 Å². The minimum absolute atomic E-state index is 0.195. The average molecular weight is 314 g/mol. The summed E-state index contributed by atoms with van der Waals surface area (Å²) in [6.07, 6.45) is 1.70. The topological polar surface area (TPSA) is 46.4 Å². The highest BCUT2D eigenvalue weighted by atomic mass is 35.5. The average Bonchev–Trinajstić information content (AvgIpc) is 2.77. The van der Waals surface area contributed by atoms with Crippen LogP contribution in [0.15, 0.2) is 36.5 Å². The molecule has 22 heavy (non-hydrogen) atoms. The molecule has 1 N–H and O–H groups in total. The van der Waals surface area contributed by atoms with Gasteiger partial charge in [-0.3, -0.25) is 9.20 Å². The maximum atomic E-state index is 12.6. The molecule has 2 heterocycles. The van der Waals surface area contributed by atoms with Crippen molar-refractivity contribution in [3.63, 3.8) is 0 Å². The Labute approximate surface area is 133 Å². The van der Waals surface area contributed by atoms with E-state index in [2.05, 4.69) is 10.3 Å². The number of aryl methyl sites for hydroxylation is 3. The molecule has 3 aromatic rings. The predicted molar refractivity (Wildman–Crippen MR) is 88.8 cm³/mol. The van der Waals surface area contributed by atoms with Gasteiger partial charge >= 0.3 is 0 Å². The van der Waals surface area contributed by atoms with E-state index < -0.39 is 0 Å². The first kappa shape index (κ1) is 14.6. The number of amides is 1. The molecular formula is C17H16ClN3O. The van der Waals surface area contributed by atoms with Crippen LogP contribution >= 0.6 is 11.6 Å². The van der Waals surface area contributed by atoms with E-state index in [0.29, 0.717) is 22.1 Å². The van der Waals surface area contributed by atoms with Crippen LogP contribution in [0.3, 0.4) is 0 Å². The van der Waals surface area contributed by atoms with Gasteiger partial charge in [0.2, 0.25) is 0 Å². The predicted octanol–water partition coefficient (Wildman–Crippen LogP) is 4.17. The van der Waals surface area contributed by atoms with Gasteiger partial charge in [0.25, 0.3) is 5.91 Å². The zero-order chi connectivity index (χ0) is 15.9. The molecule has 0 atom stereocenters. The van der Waals surface area contributed by atoms with E-state index in [1.807, 2.05) is 39.0 Å². The van der Waals surface area contributed by atoms with Gasteiger partial charge in [-0.05, 0) is 44.5 Å². The number of rotatable bonds is 2. The molecule has 0 fully saturated rings. The number of carbonyl (C=O) groups is 1. The Balaban J connectivity index is 2.02. The van der Waals surface area contributed by atoms with Crippen molar-refractivity contribution in [3.05, 3.63) is 64.1 Å². The van der Waals surface area contributed by atoms with Crippen LogP contribution in [-0.2, 0) is 0 Å². The molecule has 0 aliphatic heterocycles. The Bertz CT molecular complexity index is 883. The first-order chi connectivity index (χ1) is 10.5. The molecule has 3 rings (SSSR count). The number of fused-ring (bicyclic) bond motifs is 1. The minimum Gasteiger partial charge on any atom is -0.320 e. The molecule has 0 spiro atoms. The van der Waals surface area contributed by atoms with Gasteiger partial charge in [0.15, 0.2) is 0 Å². The number of nitrogens with zero attached hydrogens (tertiary/aromatic N) is 2. The molecule has 0 saturated carbocycles. The number of pyridine rings is 1. The smallest absolute Gasteiger partial charge is 0.274 e. The summed E-state index contributed by atoms with van der Waals surface area (Å²) in [4.78, 5) is 17.0. The van der Waals surface area contributed by atoms with E-state index in [1.54, 1.807) is 22.7 Å². The van der Waals surface area contributed by atoms with Gasteiger partial charge in [0.05, 0.1) is 10.7 Å². The number of hydrogen-bond acceptors (Lipinski definition) is 2. The van der Waals surface area contributed by atoms with E-state index in [9.17, 15) is 4.79 Å². The molecule has 1 amide bonds. The second kappa shape index (κ2) is 5.46. The number of aromatic nitrogens is 2. The lowest BCUT2D eigenvalue weighted by Gasteiger charge is -2.09. The molecule has 0 bridgehead atoms. The SMILES string of the molecule is Cc1ccc(NC(=O)c2c(C)nc3ccc(Cl)cn23)c(C)c1. The van der Waals surface area contributed by atoms with Crippen molar-refractivity contribution in [1.82, 2.24) is 9.38 Å². The molecule has 5 heteroatoms. The molecule has 0 aliphatic carbocycles. The first-order valence-corrected chi connectivity index (χ1v) is 7.36. The highest BCUT2D eigenvalue weighted by Crippen LogP contribution is 2.20. The van der Waals surface area contributed by atoms with Crippen molar-refractivity contribution in [2.75, 3.05) is 5.32 Å². The molecule has 1 aromatic carbocycles. The lowest BCUT2D eigenvalue weighted by Crippen LogP contribution is -2.16. The number of hydrogen-bond donors (Lipinski definition) is 1. The van der Waals surface area contributed by atoms with Crippen molar-refractivity contribution in [3.8, 4) is 0 Å². The van der Waals surface area contributed by atoms with E-state index in [0.717, 1.165) is 16.8 Å². The summed E-state index contributed by atoms with van der Waals surface area (Å²) in [5, 5.41) is 3.51. The van der Waals surface area contributed by atoms with Gasteiger partial charge < -0.3 is 5.32 Å². The van der Waals surface area contributed by atoms with Crippen molar-refractivity contribution in [2.24, 2.45) is 0 Å². The number of anilines is 1. The van der Waals surface area contributed by atoms with Crippen LogP contribution in [0.5, 0.6) is 0 Å². The van der Waals surface area contributed by atoms with Crippen molar-refractivity contribution >= 4 is 28.8 Å². The van der Waals surface area contributed by atoms with Crippen LogP contribution in [-0.4, -0.2) is 15.3 Å². The van der Waals surface area contributed by atoms with Crippen molar-refractivity contribution in [1.29, 1.82) is 0 Å². The largest absolute Gasteiger partial charge is 0.320 e. The lowest BCUT2D eigenvalue weighted by atomic mass is 10.1. The summed E-state index contributed by atoms with van der Waals surface area (Å²) < 4.78 is 1.72. The van der Waals surface area contributed by atoms with Crippen LogP contribution in [0, 0.1) is 20.8 Å². The second-order valence-electron chi connectivity index (χ2n) is 5.39. The molecule has 0 aliphatic rings. The molecule has 2 aromatic heterocycles. The molecule has 0 radical (unpaired) electrons. The second-order valence-corrected chi connectivity index (χ2v) is 5.83. The Kier molecular flexibility index (Phi) is 3.62. The summed E-state index contributed by atoms with van der Waals surface area (Å²) >= 11 is 6.03. The third-order valence-corrected chi connectivity index (χ3v) is 3.83. The van der Waals surface area contributed by atoms with Gasteiger partial charge in [-0.25, -0.2) is 4.98 Å². The molecule has 0 saturated heterocycles. The Morgan fingerprint density at radius 3 is 2.68 bits per heavy atom. The van der Waals surface area contributed by atoms with Crippen molar-refractivity contribution in [2.45, 2.75) is 20.8 Å². The van der Waals surface area contributed by atoms with Gasteiger partial charge in [-0.15, -0.1) is 0 Å². The Morgan fingerprint density at radius 1 is 1.18 bits per heavy atom. The monoisotopic (exact) mass is 313 g/mol. The summed E-state index contributed by atoms with van der Waals surface area (Å²) in [6, 6.07) is 9.47. The minimum atomic E-state index is -0.195. The van der Waals surface area contributed by atoms with Gasteiger partial charge in [-0.1, -0.05) is 29.3 Å². The Morgan fingerprint density at radius 2 is 1.95 bits per heavy atom. The van der Waals surface area contributed by atoms with E-state index in [4.69, 9.17) is 11.6 Å². The first-order valence-electron chi connectivity index (χ1n) is 6.98. The quantitative estimate of drug-likeness (QED) is 0.772. The molecule has 4 nitrogen and oxygen atoms in total. The fourth-order valence-electron chi connectivity index (χ4n) is 2.55. The highest BCUT2D eigenvalue weighted by molar-refractivity contribution is 6.30. The third-order valence-electron chi connectivity index (χ3n) is 3.60. The fraction of sp³-hybridized carbons (Fsp3) is 0.176. The zero-order valence-electron chi connectivity index (χ0n) is 12.6. The summed E-state index contributed by atoms with van der Waals surface area (Å²) in [6.45, 7) is 5.81. The number of imidazole rings is 1. The normalized spacial score (nSPS) is 10.9. The van der Waals surface area contributed by atoms with Gasteiger partial charge in [-0.2, -0.15) is 0 Å². The van der Waals surface area contributed by atoms with Crippen LogP contribution in [0.2, 0.25) is 5.02 Å². The molecule has 112 valence electrons. The van der Waals surface area contributed by atoms with E-state index in [1.165, 1.54) is 0 Å². The highest BCUT2D eigenvalue weighted by Gasteiger charge is 2.17. The summed E-state index contributed by atoms with van der Waals surface area (Å²) in [5.74, 6) is -0.195. The number of halogens is 1. The zero-order valence-corrected chi connectivity index (χ0v) is 13.4. The maximum Gasteiger partial charge on any atom is 0.274 e. The number of nitrogens with one attached hydrogen (secondary N) is 1. The Hall–Kier alpha value is -2.33.